The zero-order valence-corrected chi connectivity index (χ0v) is 12.8. The molecule has 0 spiro atoms. The number of hydrogen-bond acceptors (Lipinski definition) is 4. The number of unbranched alkanes of at least 4 members (excludes halogenated alkanes) is 2. The van der Waals surface area contributed by atoms with Crippen LogP contribution in [0.4, 0.5) is 22.0 Å². The first-order valence-corrected chi connectivity index (χ1v) is 7.37. The van der Waals surface area contributed by atoms with Crippen LogP contribution in [0.15, 0.2) is 0 Å². The third-order valence-electron chi connectivity index (χ3n) is 3.53. The maximum Gasteiger partial charge on any atom is 0.453 e. The Morgan fingerprint density at radius 3 is 1.65 bits per heavy atom. The molecule has 0 amide bonds. The van der Waals surface area contributed by atoms with Gasteiger partial charge in [-0.05, 0) is 25.7 Å². The molecule has 0 rings (SSSR count). The van der Waals surface area contributed by atoms with Gasteiger partial charge >= 0.3 is 12.1 Å². The molecule has 4 nitrogen and oxygen atoms in total. The van der Waals surface area contributed by atoms with Crippen molar-refractivity contribution in [1.82, 2.24) is 0 Å². The minimum atomic E-state index is -5.78. The van der Waals surface area contributed by atoms with E-state index in [1.54, 1.807) is 0 Å². The zero-order valence-electron chi connectivity index (χ0n) is 12.1. The quantitative estimate of drug-likeness (QED) is 0.241. The van der Waals surface area contributed by atoms with Gasteiger partial charge in [-0.25, -0.2) is 0 Å². The Bertz CT molecular complexity index is 398. The summed E-state index contributed by atoms with van der Waals surface area (Å²) in [5, 5.41) is 22.2. The Morgan fingerprint density at radius 1 is 0.783 bits per heavy atom. The van der Waals surface area contributed by atoms with Crippen molar-refractivity contribution in [3.8, 4) is 0 Å². The highest BCUT2D eigenvalue weighted by Gasteiger charge is 2.56. The second-order valence-electron chi connectivity index (χ2n) is 5.21. The number of carbonyl (C=O) groups is 2. The summed E-state index contributed by atoms with van der Waals surface area (Å²) in [4.78, 5) is 22.2. The lowest BCUT2D eigenvalue weighted by molar-refractivity contribution is -0.344. The van der Waals surface area contributed by atoms with Crippen molar-refractivity contribution in [3.63, 3.8) is 0 Å². The molecule has 0 aliphatic heterocycles. The maximum absolute atomic E-state index is 12.8. The molecular formula is C13H16ClF5O4-2. The number of hydrogen-bond donors (Lipinski definition) is 0. The highest BCUT2D eigenvalue weighted by molar-refractivity contribution is 6.17. The summed E-state index contributed by atoms with van der Waals surface area (Å²) in [5.41, 5.74) is -2.59. The molecule has 136 valence electrons. The van der Waals surface area contributed by atoms with Crippen LogP contribution in [0.5, 0.6) is 0 Å². The van der Waals surface area contributed by atoms with Crippen LogP contribution in [0.1, 0.15) is 44.9 Å². The van der Waals surface area contributed by atoms with Crippen LogP contribution in [-0.2, 0) is 9.59 Å². The third kappa shape index (κ3) is 6.12. The second-order valence-corrected chi connectivity index (χ2v) is 5.59. The van der Waals surface area contributed by atoms with Crippen molar-refractivity contribution in [2.45, 2.75) is 57.0 Å². The van der Waals surface area contributed by atoms with Gasteiger partial charge in [0.15, 0.2) is 0 Å². The average Bonchev–Trinajstić information content (AvgIpc) is 2.39. The fourth-order valence-electron chi connectivity index (χ4n) is 2.07. The number of alkyl halides is 6. The van der Waals surface area contributed by atoms with Crippen molar-refractivity contribution < 1.29 is 41.8 Å². The van der Waals surface area contributed by atoms with Crippen molar-refractivity contribution >= 4 is 23.5 Å². The Labute approximate surface area is 134 Å². The van der Waals surface area contributed by atoms with Gasteiger partial charge in [0.05, 0.1) is 11.9 Å². The molecule has 10 heteroatoms. The van der Waals surface area contributed by atoms with E-state index in [0.29, 0.717) is 12.8 Å². The van der Waals surface area contributed by atoms with Gasteiger partial charge < -0.3 is 19.8 Å². The zero-order chi connectivity index (χ0) is 18.3. The third-order valence-corrected chi connectivity index (χ3v) is 3.79. The van der Waals surface area contributed by atoms with Crippen LogP contribution >= 0.6 is 11.6 Å². The first kappa shape index (κ1) is 21.9. The van der Waals surface area contributed by atoms with Crippen molar-refractivity contribution in [1.29, 1.82) is 0 Å². The van der Waals surface area contributed by atoms with E-state index in [-0.39, 0.29) is 12.3 Å². The summed E-state index contributed by atoms with van der Waals surface area (Å²) in [6, 6.07) is 0. The number of halogens is 6. The lowest BCUT2D eigenvalue weighted by Crippen LogP contribution is -2.54. The molecule has 0 aliphatic rings. The Hall–Kier alpha value is -1.12. The summed E-state index contributed by atoms with van der Waals surface area (Å²) >= 11 is 5.41. The van der Waals surface area contributed by atoms with Crippen LogP contribution in [0, 0.1) is 5.41 Å². The lowest BCUT2D eigenvalue weighted by Gasteiger charge is -2.36. The first-order valence-electron chi connectivity index (χ1n) is 6.84. The predicted octanol–water partition coefficient (Wildman–Crippen LogP) is 1.64. The molecule has 0 aromatic heterocycles. The van der Waals surface area contributed by atoms with Crippen LogP contribution in [-0.4, -0.2) is 29.9 Å². The van der Waals surface area contributed by atoms with Crippen LogP contribution < -0.4 is 10.2 Å². The number of carboxylic acid groups (broad SMARTS) is 2. The van der Waals surface area contributed by atoms with E-state index in [1.807, 2.05) is 0 Å². The molecule has 0 N–H and O–H groups in total. The summed E-state index contributed by atoms with van der Waals surface area (Å²) in [5.74, 6) is -8.87. The topological polar surface area (TPSA) is 80.3 Å². The van der Waals surface area contributed by atoms with Crippen molar-refractivity contribution in [2.75, 3.05) is 5.88 Å². The van der Waals surface area contributed by atoms with Gasteiger partial charge in [-0.3, -0.25) is 0 Å². The molecule has 0 saturated carbocycles. The molecule has 0 heterocycles. The standard InChI is InChI=1S/C13H18ClF5O4/c14-8-3-1-2-5-11(9(20)21,10(22)23)6-4-7-12(15,16)13(17,18)19/h1-8H2,(H,20,21)(H,22,23)/p-2. The molecule has 0 aromatic carbocycles. The largest absolute Gasteiger partial charge is 0.549 e. The molecule has 0 fully saturated rings. The van der Waals surface area contributed by atoms with Crippen molar-refractivity contribution in [2.24, 2.45) is 5.41 Å². The Kier molecular flexibility index (Phi) is 8.23. The Morgan fingerprint density at radius 2 is 1.26 bits per heavy atom. The molecule has 0 saturated heterocycles. The molecule has 0 aromatic rings. The maximum atomic E-state index is 12.8. The number of rotatable bonds is 11. The SMILES string of the molecule is O=C([O-])C(CCCCCCl)(CCCC(F)(F)C(F)(F)F)C(=O)[O-]. The fraction of sp³-hybridized carbons (Fsp3) is 0.846. The van der Waals surface area contributed by atoms with Gasteiger partial charge in [-0.2, -0.15) is 22.0 Å². The lowest BCUT2D eigenvalue weighted by atomic mass is 9.78. The molecule has 0 unspecified atom stereocenters. The molecule has 0 bridgehead atoms. The van der Waals surface area contributed by atoms with E-state index in [4.69, 9.17) is 11.6 Å². The van der Waals surface area contributed by atoms with Crippen LogP contribution in [0.3, 0.4) is 0 Å². The van der Waals surface area contributed by atoms with E-state index >= 15 is 0 Å². The van der Waals surface area contributed by atoms with Gasteiger partial charge in [0, 0.05) is 17.7 Å². The summed E-state index contributed by atoms with van der Waals surface area (Å²) in [6.07, 6.45) is -8.90. The van der Waals surface area contributed by atoms with E-state index in [0.717, 1.165) is 0 Å². The molecular weight excluding hydrogens is 351 g/mol. The molecule has 0 atom stereocenters. The van der Waals surface area contributed by atoms with Crippen LogP contribution in [0.2, 0.25) is 0 Å². The van der Waals surface area contributed by atoms with Crippen molar-refractivity contribution in [3.05, 3.63) is 0 Å². The first-order chi connectivity index (χ1) is 10.4. The van der Waals surface area contributed by atoms with E-state index < -0.39 is 55.1 Å². The van der Waals surface area contributed by atoms with Gasteiger partial charge in [-0.1, -0.05) is 12.8 Å². The summed E-state index contributed by atoms with van der Waals surface area (Å²) < 4.78 is 61.7. The Balaban J connectivity index is 4.90. The highest BCUT2D eigenvalue weighted by atomic mass is 35.5. The van der Waals surface area contributed by atoms with Gasteiger partial charge in [0.1, 0.15) is 0 Å². The van der Waals surface area contributed by atoms with Gasteiger partial charge in [0.2, 0.25) is 0 Å². The normalized spacial score (nSPS) is 13.1. The smallest absolute Gasteiger partial charge is 0.453 e. The summed E-state index contributed by atoms with van der Waals surface area (Å²) in [6.45, 7) is 0. The molecule has 23 heavy (non-hydrogen) atoms. The average molecular weight is 367 g/mol. The van der Waals surface area contributed by atoms with E-state index in [2.05, 4.69) is 0 Å². The molecule has 0 radical (unpaired) electrons. The second kappa shape index (κ2) is 8.65. The van der Waals surface area contributed by atoms with Crippen LogP contribution in [0.25, 0.3) is 0 Å². The summed E-state index contributed by atoms with van der Waals surface area (Å²) in [7, 11) is 0. The minimum absolute atomic E-state index is 0.0876. The monoisotopic (exact) mass is 366 g/mol. The minimum Gasteiger partial charge on any atom is -0.549 e. The highest BCUT2D eigenvalue weighted by Crippen LogP contribution is 2.41. The van der Waals surface area contributed by atoms with E-state index in [1.165, 1.54) is 0 Å². The van der Waals surface area contributed by atoms with E-state index in [9.17, 15) is 41.8 Å². The number of carboxylic acids is 2. The van der Waals surface area contributed by atoms with Gasteiger partial charge in [0.25, 0.3) is 0 Å². The predicted molar refractivity (Wildman–Crippen MR) is 66.5 cm³/mol. The number of carbonyl (C=O) groups excluding carboxylic acids is 2. The van der Waals surface area contributed by atoms with Gasteiger partial charge in [-0.15, -0.1) is 11.6 Å². The molecule has 0 aliphatic carbocycles. The fourth-order valence-corrected chi connectivity index (χ4v) is 2.26. The number of aliphatic carboxylic acids is 2.